The molecule has 1 aliphatic rings. The van der Waals surface area contributed by atoms with Gasteiger partial charge in [-0.1, -0.05) is 0 Å². The number of carbonyl (C=O) groups excluding carboxylic acids is 3. The molecule has 3 N–H and O–H groups in total. The molecule has 1 amide bonds. The third-order valence-electron chi connectivity index (χ3n) is 4.56. The van der Waals surface area contributed by atoms with E-state index in [9.17, 15) is 24.5 Å². The molecule has 0 atom stereocenters. The summed E-state index contributed by atoms with van der Waals surface area (Å²) in [5.74, 6) is -2.24. The number of piperidine rings is 1. The highest BCUT2D eigenvalue weighted by Crippen LogP contribution is 2.34. The summed E-state index contributed by atoms with van der Waals surface area (Å²) in [4.78, 5) is 47.5. The largest absolute Gasteiger partial charge is 0.466 e. The van der Waals surface area contributed by atoms with Crippen LogP contribution in [0.25, 0.3) is 0 Å². The summed E-state index contributed by atoms with van der Waals surface area (Å²) in [5, 5.41) is 14.2. The van der Waals surface area contributed by atoms with Gasteiger partial charge in [0.25, 0.3) is 5.69 Å². The van der Waals surface area contributed by atoms with Gasteiger partial charge in [-0.2, -0.15) is 0 Å². The minimum atomic E-state index is -0.837. The van der Waals surface area contributed by atoms with Crippen LogP contribution in [0.2, 0.25) is 0 Å². The molecule has 0 radical (unpaired) electrons. The van der Waals surface area contributed by atoms with Gasteiger partial charge in [0.05, 0.1) is 25.2 Å². The Morgan fingerprint density at radius 1 is 1.24 bits per heavy atom. The van der Waals surface area contributed by atoms with E-state index in [1.165, 1.54) is 18.2 Å². The van der Waals surface area contributed by atoms with Gasteiger partial charge < -0.3 is 25.4 Å². The lowest BCUT2D eigenvalue weighted by atomic mass is 9.96. The predicted molar refractivity (Wildman–Crippen MR) is 103 cm³/mol. The zero-order chi connectivity index (χ0) is 21.6. The lowest BCUT2D eigenvalue weighted by molar-refractivity contribution is -0.384. The summed E-state index contributed by atoms with van der Waals surface area (Å²) in [5.41, 5.74) is 5.51. The van der Waals surface area contributed by atoms with Gasteiger partial charge in [-0.15, -0.1) is 0 Å². The Morgan fingerprint density at radius 3 is 2.41 bits per heavy atom. The maximum Gasteiger partial charge on any atom is 0.354 e. The molecule has 29 heavy (non-hydrogen) atoms. The zero-order valence-electron chi connectivity index (χ0n) is 16.0. The van der Waals surface area contributed by atoms with E-state index in [1.807, 2.05) is 4.90 Å². The molecule has 0 aromatic heterocycles. The molecule has 11 heteroatoms. The molecule has 1 heterocycles. The third-order valence-corrected chi connectivity index (χ3v) is 4.56. The molecule has 1 fully saturated rings. The molecule has 1 aliphatic heterocycles. The van der Waals surface area contributed by atoms with Gasteiger partial charge in [0.15, 0.2) is 0 Å². The van der Waals surface area contributed by atoms with E-state index in [-0.39, 0.29) is 28.9 Å². The van der Waals surface area contributed by atoms with Gasteiger partial charge in [-0.05, 0) is 25.0 Å². The van der Waals surface area contributed by atoms with E-state index >= 15 is 0 Å². The molecule has 0 saturated carbocycles. The fourth-order valence-electron chi connectivity index (χ4n) is 3.01. The zero-order valence-corrected chi connectivity index (χ0v) is 16.0. The van der Waals surface area contributed by atoms with Crippen molar-refractivity contribution in [2.24, 2.45) is 11.7 Å². The summed E-state index contributed by atoms with van der Waals surface area (Å²) in [6, 6.07) is 4.33. The van der Waals surface area contributed by atoms with Crippen LogP contribution >= 0.6 is 0 Å². The average molecular weight is 406 g/mol. The first-order valence-electron chi connectivity index (χ1n) is 8.74. The Balaban J connectivity index is 2.28. The van der Waals surface area contributed by atoms with Crippen LogP contribution in [-0.2, 0) is 23.9 Å². The van der Waals surface area contributed by atoms with E-state index in [0.717, 1.165) is 20.3 Å². The summed E-state index contributed by atoms with van der Waals surface area (Å²) >= 11 is 0. The van der Waals surface area contributed by atoms with E-state index in [2.05, 4.69) is 14.8 Å². The second kappa shape index (κ2) is 9.53. The standard InChI is InChI=1S/C18H22N4O7/c1-28-16(23)10-13(18(25)29-2)20-12-3-4-14(15(9-12)22(26)27)21-7-5-11(6-8-21)17(19)24/h3-4,9-11,20H,5-8H2,1-2H3,(H2,19,24)/b13-10+. The number of amides is 1. The number of hydrogen-bond donors (Lipinski definition) is 2. The fourth-order valence-corrected chi connectivity index (χ4v) is 3.01. The van der Waals surface area contributed by atoms with Gasteiger partial charge in [0.2, 0.25) is 5.91 Å². The molecule has 1 aromatic carbocycles. The Morgan fingerprint density at radius 2 is 1.90 bits per heavy atom. The molecular weight excluding hydrogens is 384 g/mol. The third kappa shape index (κ3) is 5.43. The van der Waals surface area contributed by atoms with Crippen molar-refractivity contribution in [1.82, 2.24) is 0 Å². The van der Waals surface area contributed by atoms with Crippen LogP contribution in [-0.4, -0.2) is 50.1 Å². The number of benzene rings is 1. The number of carbonyl (C=O) groups is 3. The smallest absolute Gasteiger partial charge is 0.354 e. The number of rotatable bonds is 7. The van der Waals surface area contributed by atoms with Crippen LogP contribution in [0, 0.1) is 16.0 Å². The number of nitro groups is 1. The van der Waals surface area contributed by atoms with Crippen molar-refractivity contribution in [3.05, 3.63) is 40.1 Å². The lowest BCUT2D eigenvalue weighted by Crippen LogP contribution is -2.38. The summed E-state index contributed by atoms with van der Waals surface area (Å²) in [6.07, 6.45) is 1.92. The number of esters is 2. The van der Waals surface area contributed by atoms with Crippen LogP contribution < -0.4 is 16.0 Å². The number of ether oxygens (including phenoxy) is 2. The van der Waals surface area contributed by atoms with Gasteiger partial charge in [0, 0.05) is 30.8 Å². The highest BCUT2D eigenvalue weighted by Gasteiger charge is 2.27. The second-order valence-corrected chi connectivity index (χ2v) is 6.32. The van der Waals surface area contributed by atoms with Crippen molar-refractivity contribution < 1.29 is 28.8 Å². The first kappa shape index (κ1) is 21.7. The minimum Gasteiger partial charge on any atom is -0.466 e. The summed E-state index contributed by atoms with van der Waals surface area (Å²) in [7, 11) is 2.28. The van der Waals surface area contributed by atoms with Crippen LogP contribution in [0.15, 0.2) is 30.0 Å². The lowest BCUT2D eigenvalue weighted by Gasteiger charge is -2.32. The highest BCUT2D eigenvalue weighted by atomic mass is 16.6. The SMILES string of the molecule is COC(=O)/C=C(/Nc1ccc(N2CCC(C(N)=O)CC2)c([N+](=O)[O-])c1)C(=O)OC. The summed E-state index contributed by atoms with van der Waals surface area (Å²) in [6.45, 7) is 0.910. The quantitative estimate of drug-likeness (QED) is 0.291. The number of hydrogen-bond acceptors (Lipinski definition) is 9. The van der Waals surface area contributed by atoms with E-state index < -0.39 is 16.9 Å². The predicted octanol–water partition coefficient (Wildman–Crippen LogP) is 0.938. The van der Waals surface area contributed by atoms with E-state index in [1.54, 1.807) is 0 Å². The average Bonchev–Trinajstić information content (AvgIpc) is 2.72. The van der Waals surface area contributed by atoms with E-state index in [4.69, 9.17) is 5.73 Å². The first-order chi connectivity index (χ1) is 13.8. The second-order valence-electron chi connectivity index (χ2n) is 6.32. The molecule has 1 aromatic rings. The molecule has 0 bridgehead atoms. The monoisotopic (exact) mass is 406 g/mol. The maximum atomic E-state index is 11.8. The van der Waals surface area contributed by atoms with Crippen LogP contribution in [0.3, 0.4) is 0 Å². The molecule has 0 spiro atoms. The number of primary amides is 1. The van der Waals surface area contributed by atoms with Crippen molar-refractivity contribution in [3.8, 4) is 0 Å². The number of nitro benzene ring substituents is 1. The number of nitrogens with zero attached hydrogens (tertiary/aromatic N) is 2. The number of methoxy groups -OCH3 is 2. The fraction of sp³-hybridized carbons (Fsp3) is 0.389. The number of anilines is 2. The number of nitrogens with one attached hydrogen (secondary N) is 1. The van der Waals surface area contributed by atoms with Gasteiger partial charge >= 0.3 is 11.9 Å². The van der Waals surface area contributed by atoms with Crippen LogP contribution in [0.5, 0.6) is 0 Å². The molecule has 0 unspecified atom stereocenters. The Labute approximate surface area is 166 Å². The Kier molecular flexibility index (Phi) is 7.12. The number of nitrogens with two attached hydrogens (primary N) is 1. The normalized spacial score (nSPS) is 14.8. The molecule has 156 valence electrons. The van der Waals surface area contributed by atoms with Crippen LogP contribution in [0.1, 0.15) is 12.8 Å². The highest BCUT2D eigenvalue weighted by molar-refractivity contribution is 5.98. The topological polar surface area (TPSA) is 154 Å². The van der Waals surface area contributed by atoms with Gasteiger partial charge in [-0.3, -0.25) is 14.9 Å². The van der Waals surface area contributed by atoms with Crippen LogP contribution in [0.4, 0.5) is 17.1 Å². The Hall–Kier alpha value is -3.63. The van der Waals surface area contributed by atoms with Gasteiger partial charge in [-0.25, -0.2) is 9.59 Å². The maximum absolute atomic E-state index is 11.8. The molecule has 0 aliphatic carbocycles. The van der Waals surface area contributed by atoms with Crippen molar-refractivity contribution >= 4 is 34.9 Å². The van der Waals surface area contributed by atoms with Crippen molar-refractivity contribution in [3.63, 3.8) is 0 Å². The molecule has 1 saturated heterocycles. The molecule has 2 rings (SSSR count). The molecule has 11 nitrogen and oxygen atoms in total. The van der Waals surface area contributed by atoms with E-state index in [0.29, 0.717) is 31.6 Å². The molecular formula is C18H22N4O7. The van der Waals surface area contributed by atoms with Crippen molar-refractivity contribution in [2.75, 3.05) is 37.5 Å². The first-order valence-corrected chi connectivity index (χ1v) is 8.74. The minimum absolute atomic E-state index is 0.185. The van der Waals surface area contributed by atoms with Crippen molar-refractivity contribution in [1.29, 1.82) is 0 Å². The summed E-state index contributed by atoms with van der Waals surface area (Å²) < 4.78 is 9.09. The van der Waals surface area contributed by atoms with Crippen molar-refractivity contribution in [2.45, 2.75) is 12.8 Å². The Bertz CT molecular complexity index is 845. The van der Waals surface area contributed by atoms with Gasteiger partial charge in [0.1, 0.15) is 11.4 Å².